The maximum atomic E-state index is 7.18. The molecule has 0 atom stereocenters. The SMILES string of the molecule is N#CS.[Au].[H-].[Na+]. The van der Waals surface area contributed by atoms with E-state index in [4.69, 9.17) is 5.26 Å². The van der Waals surface area contributed by atoms with Gasteiger partial charge in [-0.05, 0) is 0 Å². The monoisotopic (exact) mass is 280 g/mol. The van der Waals surface area contributed by atoms with Gasteiger partial charge in [0.1, 0.15) is 5.40 Å². The molecule has 0 aromatic rings. The van der Waals surface area contributed by atoms with Crippen molar-refractivity contribution in [1.29, 1.82) is 5.26 Å². The van der Waals surface area contributed by atoms with E-state index >= 15 is 0 Å². The fourth-order valence-corrected chi connectivity index (χ4v) is 0. The standard InChI is InChI=1S/CHNS.Au.Na.H/c2-1-3;;;/h3H;;;/q;;+1;-1. The molecule has 5 heavy (non-hydrogen) atoms. The molecule has 4 heteroatoms. The number of hydrogen-bond acceptors (Lipinski definition) is 2. The normalized spacial score (nSPS) is 1.60. The molecule has 1 nitrogen and oxygen atoms in total. The predicted octanol–water partition coefficient (Wildman–Crippen LogP) is -2.49. The van der Waals surface area contributed by atoms with Gasteiger partial charge in [0.25, 0.3) is 0 Å². The third-order valence-electron chi connectivity index (χ3n) is 0. The van der Waals surface area contributed by atoms with Gasteiger partial charge in [-0.1, -0.05) is 12.6 Å². The minimum atomic E-state index is 0. The average Bonchev–Trinajstić information content (AvgIpc) is 0.918. The molecular formula is CH2AuNNaS. The Kier molecular flexibility index (Phi) is 56.2. The molecule has 0 aromatic carbocycles. The molecule has 0 unspecified atom stereocenters. The van der Waals surface area contributed by atoms with Crippen molar-refractivity contribution in [2.45, 2.75) is 0 Å². The molecular weight excluding hydrogens is 278 g/mol. The first kappa shape index (κ1) is 16.0. The van der Waals surface area contributed by atoms with Crippen LogP contribution < -0.4 is 29.6 Å². The van der Waals surface area contributed by atoms with Gasteiger partial charge in [-0.2, -0.15) is 5.26 Å². The van der Waals surface area contributed by atoms with Crippen LogP contribution in [0.5, 0.6) is 0 Å². The molecule has 0 rings (SSSR count). The fourth-order valence-electron chi connectivity index (χ4n) is 0. The van der Waals surface area contributed by atoms with Crippen LogP contribution in [0.25, 0.3) is 0 Å². The van der Waals surface area contributed by atoms with Crippen LogP contribution in [0.3, 0.4) is 0 Å². The molecule has 0 aromatic heterocycles. The van der Waals surface area contributed by atoms with Crippen molar-refractivity contribution in [3.8, 4) is 5.40 Å². The maximum absolute atomic E-state index is 7.18. The molecule has 0 aliphatic heterocycles. The molecule has 0 amide bonds. The molecule has 0 heterocycles. The maximum Gasteiger partial charge on any atom is 1.00 e. The number of rotatable bonds is 0. The Bertz CT molecular complexity index is 37.0. The van der Waals surface area contributed by atoms with Crippen molar-refractivity contribution in [1.82, 2.24) is 0 Å². The fraction of sp³-hybridized carbons (Fsp3) is 0. The summed E-state index contributed by atoms with van der Waals surface area (Å²) in [5, 5.41) is 8.63. The van der Waals surface area contributed by atoms with Crippen molar-refractivity contribution in [2.24, 2.45) is 0 Å². The summed E-state index contributed by atoms with van der Waals surface area (Å²) in [5.74, 6) is 0. The Balaban J connectivity index is -0.00000000667. The molecule has 0 N–H and O–H groups in total. The van der Waals surface area contributed by atoms with E-state index in [2.05, 4.69) is 12.6 Å². The summed E-state index contributed by atoms with van der Waals surface area (Å²) in [6.45, 7) is 0. The van der Waals surface area contributed by atoms with E-state index in [1.54, 1.807) is 0 Å². The van der Waals surface area contributed by atoms with E-state index in [-0.39, 0.29) is 53.4 Å². The Morgan fingerprint density at radius 2 is 1.80 bits per heavy atom. The number of nitriles is 1. The van der Waals surface area contributed by atoms with E-state index in [1.165, 1.54) is 5.40 Å². The summed E-state index contributed by atoms with van der Waals surface area (Å²) in [6, 6.07) is 0. The second kappa shape index (κ2) is 17.6. The van der Waals surface area contributed by atoms with Gasteiger partial charge in [-0.3, -0.25) is 0 Å². The molecule has 0 aliphatic rings. The van der Waals surface area contributed by atoms with Gasteiger partial charge in [0.2, 0.25) is 0 Å². The molecule has 0 saturated carbocycles. The van der Waals surface area contributed by atoms with Gasteiger partial charge in [0, 0.05) is 22.4 Å². The molecule has 0 bridgehead atoms. The zero-order valence-electron chi connectivity index (χ0n) is 3.70. The summed E-state index contributed by atoms with van der Waals surface area (Å²) >= 11 is 3.09. The van der Waals surface area contributed by atoms with Crippen LogP contribution in [0.1, 0.15) is 1.43 Å². The molecule has 0 fully saturated rings. The first-order chi connectivity index (χ1) is 1.41. The van der Waals surface area contributed by atoms with Crippen molar-refractivity contribution in [3.05, 3.63) is 0 Å². The van der Waals surface area contributed by atoms with Crippen molar-refractivity contribution in [2.75, 3.05) is 0 Å². The van der Waals surface area contributed by atoms with Gasteiger partial charge in [0.15, 0.2) is 0 Å². The number of thiol groups is 1. The number of thiocyanates is 1. The van der Waals surface area contributed by atoms with Gasteiger partial charge in [-0.15, -0.1) is 0 Å². The molecule has 0 aliphatic carbocycles. The van der Waals surface area contributed by atoms with Crippen LogP contribution in [-0.2, 0) is 22.4 Å². The van der Waals surface area contributed by atoms with Crippen LogP contribution >= 0.6 is 12.6 Å². The zero-order valence-corrected chi connectivity index (χ0v) is 7.76. The minimum Gasteiger partial charge on any atom is -1.00 e. The molecule has 0 spiro atoms. The van der Waals surface area contributed by atoms with Crippen LogP contribution in [0.2, 0.25) is 0 Å². The molecule has 29 valence electrons. The number of nitrogens with zero attached hydrogens (tertiary/aromatic N) is 1. The zero-order chi connectivity index (χ0) is 2.71. The Hall–Kier alpha value is 1.58. The van der Waals surface area contributed by atoms with Crippen LogP contribution in [-0.4, -0.2) is 0 Å². The van der Waals surface area contributed by atoms with Crippen molar-refractivity contribution in [3.63, 3.8) is 0 Å². The van der Waals surface area contributed by atoms with E-state index in [9.17, 15) is 0 Å². The van der Waals surface area contributed by atoms with E-state index in [1.807, 2.05) is 0 Å². The van der Waals surface area contributed by atoms with Gasteiger partial charge >= 0.3 is 29.6 Å². The van der Waals surface area contributed by atoms with Gasteiger partial charge < -0.3 is 1.43 Å². The Morgan fingerprint density at radius 3 is 1.80 bits per heavy atom. The predicted molar refractivity (Wildman–Crippen MR) is 15.7 cm³/mol. The number of hydrogen-bond donors (Lipinski definition) is 1. The summed E-state index contributed by atoms with van der Waals surface area (Å²) < 4.78 is 0. The quantitative estimate of drug-likeness (QED) is 0.296. The second-order valence-electron chi connectivity index (χ2n) is 0.100. The van der Waals surface area contributed by atoms with E-state index in [0.29, 0.717) is 0 Å². The molecule has 1 radical (unpaired) electrons. The minimum absolute atomic E-state index is 0. The largest absolute Gasteiger partial charge is 1.00 e. The second-order valence-corrected chi connectivity index (χ2v) is 0.300. The summed E-state index contributed by atoms with van der Waals surface area (Å²) in [5.41, 5.74) is 0. The van der Waals surface area contributed by atoms with E-state index in [0.717, 1.165) is 0 Å². The van der Waals surface area contributed by atoms with E-state index < -0.39 is 0 Å². The van der Waals surface area contributed by atoms with Crippen molar-refractivity contribution >= 4 is 12.6 Å². The summed E-state index contributed by atoms with van der Waals surface area (Å²) in [7, 11) is 0. The Labute approximate surface area is 75.8 Å². The smallest absolute Gasteiger partial charge is 1.00 e. The van der Waals surface area contributed by atoms with Crippen LogP contribution in [0.15, 0.2) is 0 Å². The third kappa shape index (κ3) is 28.6. The van der Waals surface area contributed by atoms with Gasteiger partial charge in [0.05, 0.1) is 0 Å². The van der Waals surface area contributed by atoms with Crippen LogP contribution in [0, 0.1) is 10.7 Å². The topological polar surface area (TPSA) is 23.8 Å². The first-order valence-electron chi connectivity index (χ1n) is 0.447. The average molecular weight is 280 g/mol. The van der Waals surface area contributed by atoms with Gasteiger partial charge in [-0.25, -0.2) is 0 Å². The third-order valence-corrected chi connectivity index (χ3v) is 0. The van der Waals surface area contributed by atoms with Crippen LogP contribution in [0.4, 0.5) is 0 Å². The summed E-state index contributed by atoms with van der Waals surface area (Å²) in [4.78, 5) is 0. The molecule has 0 saturated heterocycles. The van der Waals surface area contributed by atoms with Crippen molar-refractivity contribution < 1.29 is 53.4 Å². The summed E-state index contributed by atoms with van der Waals surface area (Å²) in [6.07, 6.45) is 0. The first-order valence-corrected chi connectivity index (χ1v) is 0.894. The Morgan fingerprint density at radius 1 is 1.80 bits per heavy atom.